The molecule has 186 valence electrons. The summed E-state index contributed by atoms with van der Waals surface area (Å²) >= 11 is 11.5. The first-order valence-electron chi connectivity index (χ1n) is 11.6. The number of aryl methyl sites for hydroxylation is 1. The molecule has 4 rings (SSSR count). The number of rotatable bonds is 8. The van der Waals surface area contributed by atoms with E-state index < -0.39 is 0 Å². The van der Waals surface area contributed by atoms with Gasteiger partial charge in [0.1, 0.15) is 0 Å². The van der Waals surface area contributed by atoms with Crippen molar-refractivity contribution in [2.75, 3.05) is 16.0 Å². The Balaban J connectivity index is 1.32. The summed E-state index contributed by atoms with van der Waals surface area (Å²) in [5.41, 5.74) is 4.30. The van der Waals surface area contributed by atoms with Gasteiger partial charge >= 0.3 is 0 Å². The molecule has 4 aromatic carbocycles. The normalized spacial score (nSPS) is 10.3. The standard InChI is InChI=1S/C29H25ClN4O2S/c30-25-12-6-4-8-20(25)14-19-27(35)34-29(37)33-26-13-7-5-11-24(26)28(36)32-23-17-15-22(16-18-23)31-21-9-2-1-3-10-21/h1-13,15-18,31H,14,19H2,(H,32,36)(H2,33,34,35,37). The quantitative estimate of drug-likeness (QED) is 0.189. The lowest BCUT2D eigenvalue weighted by Crippen LogP contribution is -2.34. The minimum Gasteiger partial charge on any atom is -0.356 e. The zero-order valence-electron chi connectivity index (χ0n) is 19.8. The molecule has 0 bridgehead atoms. The van der Waals surface area contributed by atoms with Crippen LogP contribution in [0.5, 0.6) is 0 Å². The maximum absolute atomic E-state index is 13.0. The summed E-state index contributed by atoms with van der Waals surface area (Å²) in [6.45, 7) is 0. The third-order valence-corrected chi connectivity index (χ3v) is 6.03. The minimum absolute atomic E-state index is 0.112. The molecule has 0 aromatic heterocycles. The zero-order valence-corrected chi connectivity index (χ0v) is 21.4. The number of carbonyl (C=O) groups excluding carboxylic acids is 2. The highest BCUT2D eigenvalue weighted by Gasteiger charge is 2.14. The van der Waals surface area contributed by atoms with Gasteiger partial charge in [-0.2, -0.15) is 0 Å². The molecular weight excluding hydrogens is 504 g/mol. The first-order chi connectivity index (χ1) is 18.0. The van der Waals surface area contributed by atoms with E-state index in [4.69, 9.17) is 23.8 Å². The molecule has 0 saturated heterocycles. The third-order valence-electron chi connectivity index (χ3n) is 5.46. The number of thiocarbonyl (C=S) groups is 1. The maximum Gasteiger partial charge on any atom is 0.257 e. The maximum atomic E-state index is 13.0. The van der Waals surface area contributed by atoms with E-state index in [9.17, 15) is 9.59 Å². The smallest absolute Gasteiger partial charge is 0.257 e. The van der Waals surface area contributed by atoms with Crippen molar-refractivity contribution in [3.63, 3.8) is 0 Å². The van der Waals surface area contributed by atoms with Crippen LogP contribution < -0.4 is 21.3 Å². The van der Waals surface area contributed by atoms with Crippen LogP contribution in [0.4, 0.5) is 22.7 Å². The number of nitrogens with one attached hydrogen (secondary N) is 4. The van der Waals surface area contributed by atoms with E-state index in [1.54, 1.807) is 30.3 Å². The molecule has 0 radical (unpaired) electrons. The van der Waals surface area contributed by atoms with Gasteiger partial charge < -0.3 is 21.3 Å². The van der Waals surface area contributed by atoms with Gasteiger partial charge in [-0.1, -0.05) is 60.1 Å². The molecular formula is C29H25ClN4O2S. The predicted octanol–water partition coefficient (Wildman–Crippen LogP) is 6.78. The van der Waals surface area contributed by atoms with Gasteiger partial charge in [-0.15, -0.1) is 0 Å². The topological polar surface area (TPSA) is 82.3 Å². The zero-order chi connectivity index (χ0) is 26.0. The van der Waals surface area contributed by atoms with Crippen molar-refractivity contribution in [1.82, 2.24) is 5.32 Å². The van der Waals surface area contributed by atoms with E-state index in [0.29, 0.717) is 28.4 Å². The summed E-state index contributed by atoms with van der Waals surface area (Å²) in [6, 6.07) is 31.6. The van der Waals surface area contributed by atoms with Gasteiger partial charge in [-0.05, 0) is 78.8 Å². The van der Waals surface area contributed by atoms with E-state index in [0.717, 1.165) is 16.9 Å². The van der Waals surface area contributed by atoms with Crippen LogP contribution in [0.15, 0.2) is 103 Å². The Morgan fingerprint density at radius 3 is 2.08 bits per heavy atom. The fourth-order valence-electron chi connectivity index (χ4n) is 3.61. The van der Waals surface area contributed by atoms with Gasteiger partial charge in [0.25, 0.3) is 5.91 Å². The SMILES string of the molecule is O=C(CCc1ccccc1Cl)NC(=S)Nc1ccccc1C(=O)Nc1ccc(Nc2ccccc2)cc1. The molecule has 6 nitrogen and oxygen atoms in total. The van der Waals surface area contributed by atoms with Crippen molar-refractivity contribution in [2.24, 2.45) is 0 Å². The molecule has 0 atom stereocenters. The van der Waals surface area contributed by atoms with Gasteiger partial charge in [-0.25, -0.2) is 0 Å². The number of carbonyl (C=O) groups is 2. The van der Waals surface area contributed by atoms with Crippen molar-refractivity contribution < 1.29 is 9.59 Å². The molecule has 0 aliphatic rings. The number of anilines is 4. The van der Waals surface area contributed by atoms with Crippen molar-refractivity contribution in [3.05, 3.63) is 119 Å². The van der Waals surface area contributed by atoms with E-state index in [-0.39, 0.29) is 23.3 Å². The van der Waals surface area contributed by atoms with Gasteiger partial charge in [0.15, 0.2) is 5.11 Å². The van der Waals surface area contributed by atoms with Crippen molar-refractivity contribution in [1.29, 1.82) is 0 Å². The van der Waals surface area contributed by atoms with Gasteiger partial charge in [0.2, 0.25) is 5.91 Å². The Morgan fingerprint density at radius 1 is 0.703 bits per heavy atom. The highest BCUT2D eigenvalue weighted by atomic mass is 35.5. The number of para-hydroxylation sites is 2. The van der Waals surface area contributed by atoms with Crippen LogP contribution in [-0.4, -0.2) is 16.9 Å². The van der Waals surface area contributed by atoms with Crippen LogP contribution in [0.3, 0.4) is 0 Å². The number of halogens is 1. The van der Waals surface area contributed by atoms with Crippen LogP contribution in [0.2, 0.25) is 5.02 Å². The number of hydrogen-bond donors (Lipinski definition) is 4. The first kappa shape index (κ1) is 25.9. The molecule has 8 heteroatoms. The molecule has 0 aliphatic carbocycles. The lowest BCUT2D eigenvalue weighted by molar-refractivity contribution is -0.119. The second kappa shape index (κ2) is 12.7. The summed E-state index contributed by atoms with van der Waals surface area (Å²) in [4.78, 5) is 25.4. The van der Waals surface area contributed by atoms with Crippen LogP contribution in [0.1, 0.15) is 22.3 Å². The lowest BCUT2D eigenvalue weighted by atomic mass is 10.1. The molecule has 0 unspecified atom stereocenters. The molecule has 0 aliphatic heterocycles. The fraction of sp³-hybridized carbons (Fsp3) is 0.0690. The van der Waals surface area contributed by atoms with Gasteiger partial charge in [0.05, 0.1) is 11.3 Å². The minimum atomic E-state index is -0.306. The van der Waals surface area contributed by atoms with Crippen LogP contribution in [0.25, 0.3) is 0 Å². The fourth-order valence-corrected chi connectivity index (χ4v) is 4.06. The number of amides is 2. The second-order valence-corrected chi connectivity index (χ2v) is 8.98. The Morgan fingerprint density at radius 2 is 1.32 bits per heavy atom. The monoisotopic (exact) mass is 528 g/mol. The third kappa shape index (κ3) is 7.64. The molecule has 4 N–H and O–H groups in total. The van der Waals surface area contributed by atoms with Gasteiger partial charge in [-0.3, -0.25) is 9.59 Å². The summed E-state index contributed by atoms with van der Waals surface area (Å²) < 4.78 is 0. The van der Waals surface area contributed by atoms with Crippen molar-refractivity contribution >= 4 is 63.5 Å². The molecule has 0 heterocycles. The first-order valence-corrected chi connectivity index (χ1v) is 12.4. The van der Waals surface area contributed by atoms with Crippen LogP contribution in [-0.2, 0) is 11.2 Å². The Hall–Kier alpha value is -4.20. The largest absolute Gasteiger partial charge is 0.356 e. The Labute approximate surface area is 226 Å². The summed E-state index contributed by atoms with van der Waals surface area (Å²) in [5.74, 6) is -0.553. The summed E-state index contributed by atoms with van der Waals surface area (Å²) in [5, 5.41) is 12.6. The molecule has 0 spiro atoms. The van der Waals surface area contributed by atoms with Crippen molar-refractivity contribution in [3.8, 4) is 0 Å². The highest BCUT2D eigenvalue weighted by molar-refractivity contribution is 7.80. The van der Waals surface area contributed by atoms with Crippen LogP contribution >= 0.6 is 23.8 Å². The summed E-state index contributed by atoms with van der Waals surface area (Å²) in [6.07, 6.45) is 0.718. The average Bonchev–Trinajstić information content (AvgIpc) is 2.90. The van der Waals surface area contributed by atoms with E-state index in [1.807, 2.05) is 72.8 Å². The van der Waals surface area contributed by atoms with E-state index in [2.05, 4.69) is 21.3 Å². The number of hydrogen-bond acceptors (Lipinski definition) is 4. The highest BCUT2D eigenvalue weighted by Crippen LogP contribution is 2.21. The van der Waals surface area contributed by atoms with E-state index in [1.165, 1.54) is 0 Å². The molecule has 0 saturated carbocycles. The molecule has 4 aromatic rings. The second-order valence-electron chi connectivity index (χ2n) is 8.16. The van der Waals surface area contributed by atoms with Gasteiger partial charge in [0, 0.05) is 28.5 Å². The van der Waals surface area contributed by atoms with Crippen molar-refractivity contribution in [2.45, 2.75) is 12.8 Å². The summed E-state index contributed by atoms with van der Waals surface area (Å²) in [7, 11) is 0. The Kier molecular flexibility index (Phi) is 8.86. The molecule has 0 fully saturated rings. The van der Waals surface area contributed by atoms with E-state index >= 15 is 0 Å². The number of benzene rings is 4. The van der Waals surface area contributed by atoms with Crippen LogP contribution in [0, 0.1) is 0 Å². The molecule has 2 amide bonds. The predicted molar refractivity (Wildman–Crippen MR) is 155 cm³/mol. The Bertz CT molecular complexity index is 1390. The average molecular weight is 529 g/mol. The lowest BCUT2D eigenvalue weighted by Gasteiger charge is -2.14. The molecule has 37 heavy (non-hydrogen) atoms.